The van der Waals surface area contributed by atoms with E-state index in [1.165, 1.54) is 0 Å². The Kier molecular flexibility index (Phi) is 5.96. The average Bonchev–Trinajstić information content (AvgIpc) is 2.69. The number of likely N-dealkylation sites (tertiary alicyclic amines) is 1. The molecule has 1 heterocycles. The van der Waals surface area contributed by atoms with Crippen molar-refractivity contribution in [3.05, 3.63) is 65.7 Å². The molecule has 1 fully saturated rings. The SMILES string of the molecule is CN(C(=O)CN1CCC[C@@H](C(=O)c2cc(F)ccc2F)C1)c1ccccc1. The number of para-hydroxylation sites is 1. The Balaban J connectivity index is 1.64. The van der Waals surface area contributed by atoms with Crippen LogP contribution in [0.5, 0.6) is 0 Å². The fraction of sp³-hybridized carbons (Fsp3) is 0.333. The smallest absolute Gasteiger partial charge is 0.240 e. The molecule has 0 radical (unpaired) electrons. The van der Waals surface area contributed by atoms with Gasteiger partial charge in [0, 0.05) is 25.2 Å². The summed E-state index contributed by atoms with van der Waals surface area (Å²) in [5, 5.41) is 0. The second-order valence-electron chi connectivity index (χ2n) is 6.85. The number of rotatable bonds is 5. The van der Waals surface area contributed by atoms with E-state index >= 15 is 0 Å². The van der Waals surface area contributed by atoms with Crippen LogP contribution in [0.4, 0.5) is 14.5 Å². The van der Waals surface area contributed by atoms with Crippen molar-refractivity contribution in [3.63, 3.8) is 0 Å². The molecule has 0 unspecified atom stereocenters. The number of likely N-dealkylation sites (N-methyl/N-ethyl adjacent to an activating group) is 1. The molecule has 0 bridgehead atoms. The quantitative estimate of drug-likeness (QED) is 0.754. The first-order chi connectivity index (χ1) is 13.0. The van der Waals surface area contributed by atoms with Crippen LogP contribution in [0.15, 0.2) is 48.5 Å². The van der Waals surface area contributed by atoms with Crippen molar-refractivity contribution in [2.45, 2.75) is 12.8 Å². The number of carbonyl (C=O) groups excluding carboxylic acids is 2. The van der Waals surface area contributed by atoms with Gasteiger partial charge in [0.1, 0.15) is 11.6 Å². The van der Waals surface area contributed by atoms with Crippen LogP contribution in [0.2, 0.25) is 0 Å². The Morgan fingerprint density at radius 1 is 1.15 bits per heavy atom. The summed E-state index contributed by atoms with van der Waals surface area (Å²) in [5.74, 6) is -2.26. The van der Waals surface area contributed by atoms with Gasteiger partial charge in [-0.1, -0.05) is 18.2 Å². The van der Waals surface area contributed by atoms with Gasteiger partial charge in [0.05, 0.1) is 12.1 Å². The molecule has 0 N–H and O–H groups in total. The van der Waals surface area contributed by atoms with Gasteiger partial charge in [-0.15, -0.1) is 0 Å². The number of nitrogens with zero attached hydrogens (tertiary/aromatic N) is 2. The van der Waals surface area contributed by atoms with E-state index < -0.39 is 23.3 Å². The number of Topliss-reactive ketones (excluding diaryl/α,β-unsaturated/α-hetero) is 1. The third-order valence-electron chi connectivity index (χ3n) is 4.95. The molecule has 1 aliphatic rings. The van der Waals surface area contributed by atoms with Crippen LogP contribution in [0.3, 0.4) is 0 Å². The Morgan fingerprint density at radius 3 is 2.63 bits per heavy atom. The molecule has 142 valence electrons. The Morgan fingerprint density at radius 2 is 1.89 bits per heavy atom. The van der Waals surface area contributed by atoms with Crippen molar-refractivity contribution in [3.8, 4) is 0 Å². The van der Waals surface area contributed by atoms with Gasteiger partial charge in [0.15, 0.2) is 5.78 Å². The van der Waals surface area contributed by atoms with Crippen molar-refractivity contribution < 1.29 is 18.4 Å². The molecular weight excluding hydrogens is 350 g/mol. The highest BCUT2D eigenvalue weighted by Gasteiger charge is 2.29. The maximum absolute atomic E-state index is 13.9. The second kappa shape index (κ2) is 8.39. The summed E-state index contributed by atoms with van der Waals surface area (Å²) >= 11 is 0. The van der Waals surface area contributed by atoms with Crippen LogP contribution in [-0.2, 0) is 4.79 Å². The number of ketones is 1. The fourth-order valence-corrected chi connectivity index (χ4v) is 3.41. The maximum atomic E-state index is 13.9. The molecule has 4 nitrogen and oxygen atoms in total. The lowest BCUT2D eigenvalue weighted by atomic mass is 9.89. The lowest BCUT2D eigenvalue weighted by molar-refractivity contribution is -0.119. The van der Waals surface area contributed by atoms with Crippen LogP contribution in [0, 0.1) is 17.6 Å². The molecule has 0 aromatic heterocycles. The number of carbonyl (C=O) groups is 2. The number of hydrogen-bond donors (Lipinski definition) is 0. The first-order valence-electron chi connectivity index (χ1n) is 8.99. The predicted octanol–water partition coefficient (Wildman–Crippen LogP) is 3.52. The van der Waals surface area contributed by atoms with Gasteiger partial charge < -0.3 is 4.90 Å². The summed E-state index contributed by atoms with van der Waals surface area (Å²) in [6.45, 7) is 1.24. The molecule has 0 spiro atoms. The molecule has 2 aromatic carbocycles. The van der Waals surface area contributed by atoms with E-state index in [1.807, 2.05) is 35.2 Å². The van der Waals surface area contributed by atoms with Crippen LogP contribution in [-0.4, -0.2) is 43.3 Å². The molecule has 1 aliphatic heterocycles. The minimum absolute atomic E-state index is 0.0776. The molecule has 2 aromatic rings. The van der Waals surface area contributed by atoms with Crippen LogP contribution in [0.1, 0.15) is 23.2 Å². The van der Waals surface area contributed by atoms with Crippen molar-refractivity contribution in [1.82, 2.24) is 4.90 Å². The number of amides is 1. The molecule has 0 aliphatic carbocycles. The average molecular weight is 372 g/mol. The number of piperidine rings is 1. The van der Waals surface area contributed by atoms with E-state index in [0.717, 1.165) is 30.3 Å². The maximum Gasteiger partial charge on any atom is 0.240 e. The molecule has 1 amide bonds. The molecule has 1 atom stereocenters. The zero-order chi connectivity index (χ0) is 19.4. The van der Waals surface area contributed by atoms with Crippen LogP contribution >= 0.6 is 0 Å². The van der Waals surface area contributed by atoms with Crippen LogP contribution in [0.25, 0.3) is 0 Å². The third kappa shape index (κ3) is 4.57. The predicted molar refractivity (Wildman–Crippen MR) is 99.7 cm³/mol. The van der Waals surface area contributed by atoms with Crippen molar-refractivity contribution >= 4 is 17.4 Å². The first kappa shape index (κ1) is 19.2. The minimum atomic E-state index is -0.710. The zero-order valence-electron chi connectivity index (χ0n) is 15.2. The van der Waals surface area contributed by atoms with E-state index in [0.29, 0.717) is 19.5 Å². The number of hydrogen-bond acceptors (Lipinski definition) is 3. The van der Waals surface area contributed by atoms with Gasteiger partial charge in [0.25, 0.3) is 0 Å². The summed E-state index contributed by atoms with van der Waals surface area (Å²) in [7, 11) is 1.71. The first-order valence-corrected chi connectivity index (χ1v) is 8.99. The van der Waals surface area contributed by atoms with Gasteiger partial charge in [-0.25, -0.2) is 8.78 Å². The monoisotopic (exact) mass is 372 g/mol. The summed E-state index contributed by atoms with van der Waals surface area (Å²) in [6.07, 6.45) is 1.34. The van der Waals surface area contributed by atoms with Gasteiger partial charge in [-0.2, -0.15) is 0 Å². The normalized spacial score (nSPS) is 17.5. The molecule has 0 saturated carbocycles. The van der Waals surface area contributed by atoms with E-state index in [-0.39, 0.29) is 18.0 Å². The number of anilines is 1. The molecule has 1 saturated heterocycles. The summed E-state index contributed by atoms with van der Waals surface area (Å²) in [6, 6.07) is 12.2. The largest absolute Gasteiger partial charge is 0.314 e. The molecular formula is C21H22F2N2O2. The highest BCUT2D eigenvalue weighted by atomic mass is 19.1. The third-order valence-corrected chi connectivity index (χ3v) is 4.95. The Hall–Kier alpha value is -2.60. The number of halogens is 2. The fourth-order valence-electron chi connectivity index (χ4n) is 3.41. The standard InChI is InChI=1S/C21H22F2N2O2/c1-24(17-7-3-2-4-8-17)20(26)14-25-11-5-6-15(13-25)21(27)18-12-16(22)9-10-19(18)23/h2-4,7-10,12,15H,5-6,11,13-14H2,1H3/t15-/m1/s1. The van der Waals surface area contributed by atoms with Gasteiger partial charge in [0.2, 0.25) is 5.91 Å². The topological polar surface area (TPSA) is 40.6 Å². The Bertz CT molecular complexity index is 826. The Labute approximate surface area is 157 Å². The van der Waals surface area contributed by atoms with Crippen molar-refractivity contribution in [1.29, 1.82) is 0 Å². The van der Waals surface area contributed by atoms with Crippen molar-refractivity contribution in [2.24, 2.45) is 5.92 Å². The second-order valence-corrected chi connectivity index (χ2v) is 6.85. The summed E-state index contributed by atoms with van der Waals surface area (Å²) in [5.41, 5.74) is 0.587. The minimum Gasteiger partial charge on any atom is -0.314 e. The lowest BCUT2D eigenvalue weighted by Crippen LogP contribution is -2.44. The van der Waals surface area contributed by atoms with E-state index in [2.05, 4.69) is 0 Å². The zero-order valence-corrected chi connectivity index (χ0v) is 15.2. The van der Waals surface area contributed by atoms with E-state index in [9.17, 15) is 18.4 Å². The van der Waals surface area contributed by atoms with Gasteiger partial charge >= 0.3 is 0 Å². The van der Waals surface area contributed by atoms with Crippen LogP contribution < -0.4 is 4.90 Å². The van der Waals surface area contributed by atoms with E-state index in [4.69, 9.17) is 0 Å². The summed E-state index contributed by atoms with van der Waals surface area (Å²) in [4.78, 5) is 28.7. The highest BCUT2D eigenvalue weighted by molar-refractivity contribution is 5.98. The number of benzene rings is 2. The lowest BCUT2D eigenvalue weighted by Gasteiger charge is -2.32. The van der Waals surface area contributed by atoms with E-state index in [1.54, 1.807) is 11.9 Å². The van der Waals surface area contributed by atoms with Gasteiger partial charge in [-0.05, 0) is 49.7 Å². The molecule has 3 rings (SSSR count). The highest BCUT2D eigenvalue weighted by Crippen LogP contribution is 2.23. The summed E-state index contributed by atoms with van der Waals surface area (Å²) < 4.78 is 27.3. The van der Waals surface area contributed by atoms with Crippen molar-refractivity contribution in [2.75, 3.05) is 31.6 Å². The molecule has 27 heavy (non-hydrogen) atoms. The molecule has 6 heteroatoms. The van der Waals surface area contributed by atoms with Gasteiger partial charge in [-0.3, -0.25) is 14.5 Å².